The zero-order chi connectivity index (χ0) is 21.0. The molecule has 0 aliphatic carbocycles. The van der Waals surface area contributed by atoms with Gasteiger partial charge in [-0.05, 0) is 36.2 Å². The van der Waals surface area contributed by atoms with Crippen LogP contribution in [0, 0.1) is 0 Å². The Hall–Kier alpha value is -2.74. The van der Waals surface area contributed by atoms with E-state index >= 15 is 0 Å². The Morgan fingerprint density at radius 1 is 1.10 bits per heavy atom. The molecule has 30 heavy (non-hydrogen) atoms. The Morgan fingerprint density at radius 2 is 1.90 bits per heavy atom. The molecule has 0 N–H and O–H groups in total. The van der Waals surface area contributed by atoms with E-state index in [0.29, 0.717) is 38.1 Å². The number of carbonyl (C=O) groups excluding carboxylic acids is 1. The molecule has 1 amide bonds. The molecule has 150 valence electrons. The van der Waals surface area contributed by atoms with E-state index < -0.39 is 11.9 Å². The van der Waals surface area contributed by atoms with Crippen LogP contribution in [0.4, 0.5) is 5.13 Å². The summed E-state index contributed by atoms with van der Waals surface area (Å²) in [7, 11) is 0. The fourth-order valence-electron chi connectivity index (χ4n) is 3.60. The molecule has 2 aromatic heterocycles. The summed E-state index contributed by atoms with van der Waals surface area (Å²) < 4.78 is 5.89. The van der Waals surface area contributed by atoms with Crippen molar-refractivity contribution in [2.45, 2.75) is 19.4 Å². The van der Waals surface area contributed by atoms with Gasteiger partial charge in [0.1, 0.15) is 10.6 Å². The van der Waals surface area contributed by atoms with Crippen LogP contribution in [0.5, 0.6) is 0 Å². The molecule has 5 rings (SSSR count). The summed E-state index contributed by atoms with van der Waals surface area (Å²) >= 11 is 13.6. The minimum absolute atomic E-state index is 0.00280. The zero-order valence-electron chi connectivity index (χ0n) is 15.6. The molecule has 2 aromatic carbocycles. The molecule has 4 aromatic rings. The number of fused-ring (bicyclic) bond motifs is 2. The van der Waals surface area contributed by atoms with Gasteiger partial charge >= 0.3 is 0 Å². The summed E-state index contributed by atoms with van der Waals surface area (Å²) in [5.41, 5.74) is 0.979. The average Bonchev–Trinajstić information content (AvgIpc) is 3.33. The number of anilines is 1. The lowest BCUT2D eigenvalue weighted by atomic mass is 9.99. The van der Waals surface area contributed by atoms with Crippen LogP contribution in [-0.4, -0.2) is 16.1 Å². The second-order valence-electron chi connectivity index (χ2n) is 6.75. The standard InChI is InChI=1S/C21H13Cl2N3O3S/c1-2-15-24-25-21(30-15)26-17(10-7-8-12(22)13(23)9-10)16-18(27)11-5-3-4-6-14(11)29-19(16)20(26)28/h3-9,17H,2H2,1H3. The second kappa shape index (κ2) is 7.19. The maximum absolute atomic E-state index is 13.4. The van der Waals surface area contributed by atoms with Crippen LogP contribution < -0.4 is 10.3 Å². The monoisotopic (exact) mass is 457 g/mol. The molecular weight excluding hydrogens is 445 g/mol. The van der Waals surface area contributed by atoms with E-state index in [2.05, 4.69) is 10.2 Å². The molecule has 1 aliphatic rings. The molecule has 0 fully saturated rings. The number of aromatic nitrogens is 2. The number of hydrogen-bond donors (Lipinski definition) is 0. The van der Waals surface area contributed by atoms with Crippen LogP contribution in [0.2, 0.25) is 10.0 Å². The fourth-order valence-corrected chi connectivity index (χ4v) is 4.71. The molecule has 1 aliphatic heterocycles. The number of aryl methyl sites for hydroxylation is 1. The highest BCUT2D eigenvalue weighted by molar-refractivity contribution is 7.15. The third-order valence-corrected chi connectivity index (χ3v) is 6.81. The van der Waals surface area contributed by atoms with Crippen molar-refractivity contribution in [3.8, 4) is 0 Å². The largest absolute Gasteiger partial charge is 0.450 e. The van der Waals surface area contributed by atoms with E-state index in [4.69, 9.17) is 27.6 Å². The first-order valence-electron chi connectivity index (χ1n) is 9.16. The highest BCUT2D eigenvalue weighted by atomic mass is 35.5. The molecule has 0 saturated carbocycles. The van der Waals surface area contributed by atoms with E-state index in [0.717, 1.165) is 5.01 Å². The van der Waals surface area contributed by atoms with E-state index in [1.54, 1.807) is 42.5 Å². The van der Waals surface area contributed by atoms with Crippen molar-refractivity contribution < 1.29 is 9.21 Å². The third-order valence-electron chi connectivity index (χ3n) is 5.00. The molecule has 0 radical (unpaired) electrons. The van der Waals surface area contributed by atoms with E-state index in [9.17, 15) is 9.59 Å². The van der Waals surface area contributed by atoms with Gasteiger partial charge in [-0.1, -0.05) is 59.7 Å². The van der Waals surface area contributed by atoms with Crippen LogP contribution in [0.15, 0.2) is 51.7 Å². The first-order chi connectivity index (χ1) is 14.5. The molecule has 3 heterocycles. The molecule has 0 bridgehead atoms. The predicted octanol–water partition coefficient (Wildman–Crippen LogP) is 5.26. The van der Waals surface area contributed by atoms with E-state index in [-0.39, 0.29) is 16.8 Å². The Balaban J connectivity index is 1.81. The Kier molecular flexibility index (Phi) is 4.61. The van der Waals surface area contributed by atoms with Crippen molar-refractivity contribution >= 4 is 56.5 Å². The minimum atomic E-state index is -0.749. The summed E-state index contributed by atoms with van der Waals surface area (Å²) in [6, 6.07) is 11.1. The van der Waals surface area contributed by atoms with Crippen LogP contribution in [0.1, 0.15) is 39.7 Å². The van der Waals surface area contributed by atoms with Crippen LogP contribution >= 0.6 is 34.5 Å². The highest BCUT2D eigenvalue weighted by Crippen LogP contribution is 2.43. The van der Waals surface area contributed by atoms with Crippen molar-refractivity contribution in [3.05, 3.63) is 84.6 Å². The zero-order valence-corrected chi connectivity index (χ0v) is 17.9. The van der Waals surface area contributed by atoms with E-state index in [1.165, 1.54) is 16.2 Å². The predicted molar refractivity (Wildman–Crippen MR) is 117 cm³/mol. The van der Waals surface area contributed by atoms with Gasteiger partial charge in [-0.2, -0.15) is 0 Å². The van der Waals surface area contributed by atoms with Crippen LogP contribution in [-0.2, 0) is 6.42 Å². The quantitative estimate of drug-likeness (QED) is 0.419. The maximum atomic E-state index is 13.4. The lowest BCUT2D eigenvalue weighted by Gasteiger charge is -2.22. The first-order valence-corrected chi connectivity index (χ1v) is 10.7. The van der Waals surface area contributed by atoms with Gasteiger partial charge in [0, 0.05) is 0 Å². The molecule has 0 spiro atoms. The van der Waals surface area contributed by atoms with Gasteiger partial charge in [-0.15, -0.1) is 10.2 Å². The minimum Gasteiger partial charge on any atom is -0.450 e. The molecule has 1 atom stereocenters. The summed E-state index contributed by atoms with van der Waals surface area (Å²) in [6.07, 6.45) is 0.686. The number of halogens is 2. The third kappa shape index (κ3) is 2.85. The Morgan fingerprint density at radius 3 is 2.63 bits per heavy atom. The summed E-state index contributed by atoms with van der Waals surface area (Å²) in [6.45, 7) is 1.96. The number of hydrogen-bond acceptors (Lipinski definition) is 6. The summed E-state index contributed by atoms with van der Waals surface area (Å²) in [4.78, 5) is 28.3. The molecule has 1 unspecified atom stereocenters. The number of rotatable bonds is 3. The summed E-state index contributed by atoms with van der Waals surface area (Å²) in [5, 5.41) is 10.6. The Labute approximate surface area is 184 Å². The smallest absolute Gasteiger partial charge is 0.297 e. The topological polar surface area (TPSA) is 76.3 Å². The van der Waals surface area contributed by atoms with Gasteiger partial charge in [0.15, 0.2) is 5.43 Å². The number of amides is 1. The lowest BCUT2D eigenvalue weighted by Crippen LogP contribution is -2.29. The van der Waals surface area contributed by atoms with Gasteiger partial charge in [0.25, 0.3) is 5.91 Å². The van der Waals surface area contributed by atoms with Crippen molar-refractivity contribution in [2.75, 3.05) is 4.90 Å². The van der Waals surface area contributed by atoms with Gasteiger partial charge < -0.3 is 4.42 Å². The van der Waals surface area contributed by atoms with Gasteiger partial charge in [0.2, 0.25) is 10.9 Å². The number of benzene rings is 2. The van der Waals surface area contributed by atoms with Crippen LogP contribution in [0.25, 0.3) is 11.0 Å². The Bertz CT molecular complexity index is 1380. The molecular formula is C21H13Cl2N3O3S. The molecule has 0 saturated heterocycles. The van der Waals surface area contributed by atoms with Crippen molar-refractivity contribution in [1.82, 2.24) is 10.2 Å². The van der Waals surface area contributed by atoms with Crippen molar-refractivity contribution in [3.63, 3.8) is 0 Å². The van der Waals surface area contributed by atoms with Gasteiger partial charge in [0.05, 0.1) is 27.0 Å². The second-order valence-corrected chi connectivity index (χ2v) is 8.61. The molecule has 6 nitrogen and oxygen atoms in total. The fraction of sp³-hybridized carbons (Fsp3) is 0.143. The van der Waals surface area contributed by atoms with Crippen LogP contribution in [0.3, 0.4) is 0 Å². The number of nitrogens with zero attached hydrogens (tertiary/aromatic N) is 3. The first kappa shape index (κ1) is 19.2. The maximum Gasteiger partial charge on any atom is 0.297 e. The van der Waals surface area contributed by atoms with Gasteiger partial charge in [-0.25, -0.2) is 0 Å². The normalized spacial score (nSPS) is 15.8. The van der Waals surface area contributed by atoms with Crippen molar-refractivity contribution in [2.24, 2.45) is 0 Å². The number of carbonyl (C=O) groups is 1. The number of para-hydroxylation sites is 1. The highest BCUT2D eigenvalue weighted by Gasteiger charge is 2.45. The summed E-state index contributed by atoms with van der Waals surface area (Å²) in [5.74, 6) is -0.439. The van der Waals surface area contributed by atoms with E-state index in [1.807, 2.05) is 6.92 Å². The molecule has 9 heteroatoms. The average molecular weight is 458 g/mol. The van der Waals surface area contributed by atoms with Gasteiger partial charge in [-0.3, -0.25) is 14.5 Å². The van der Waals surface area contributed by atoms with Crippen molar-refractivity contribution in [1.29, 1.82) is 0 Å². The lowest BCUT2D eigenvalue weighted by molar-refractivity contribution is 0.0970. The SMILES string of the molecule is CCc1nnc(N2C(=O)c3oc4ccccc4c(=O)c3C2c2ccc(Cl)c(Cl)c2)s1.